The number of aliphatic hydroxyl groups is 1. The van der Waals surface area contributed by atoms with Crippen LogP contribution in [-0.4, -0.2) is 73.9 Å². The van der Waals surface area contributed by atoms with Crippen molar-refractivity contribution in [3.8, 4) is 0 Å². The highest BCUT2D eigenvalue weighted by atomic mass is 16.3. The van der Waals surface area contributed by atoms with E-state index in [4.69, 9.17) is 0 Å². The quantitative estimate of drug-likeness (QED) is 0.592. The van der Waals surface area contributed by atoms with Crippen LogP contribution in [-0.2, 0) is 0 Å². The minimum absolute atomic E-state index is 0.267. The molecule has 4 nitrogen and oxygen atoms in total. The zero-order valence-corrected chi connectivity index (χ0v) is 12.2. The first-order valence-electron chi connectivity index (χ1n) is 6.78. The van der Waals surface area contributed by atoms with Crippen molar-refractivity contribution in [2.24, 2.45) is 0 Å². The van der Waals surface area contributed by atoms with Crippen LogP contribution < -0.4 is 5.32 Å². The van der Waals surface area contributed by atoms with Gasteiger partial charge in [0.25, 0.3) is 0 Å². The van der Waals surface area contributed by atoms with E-state index in [0.717, 1.165) is 32.6 Å². The van der Waals surface area contributed by atoms with Gasteiger partial charge in [0.05, 0.1) is 6.10 Å². The maximum Gasteiger partial charge on any atom is 0.0791 e. The summed E-state index contributed by atoms with van der Waals surface area (Å²) in [5.74, 6) is 0. The minimum atomic E-state index is -0.267. The van der Waals surface area contributed by atoms with Crippen molar-refractivity contribution in [2.45, 2.75) is 39.3 Å². The number of rotatable bonds is 10. The number of aliphatic hydroxyl groups excluding tert-OH is 1. The summed E-state index contributed by atoms with van der Waals surface area (Å²) in [7, 11) is 4.17. The fraction of sp³-hybridized carbons (Fsp3) is 1.00. The summed E-state index contributed by atoms with van der Waals surface area (Å²) in [5.41, 5.74) is 0. The van der Waals surface area contributed by atoms with Crippen LogP contribution in [0.5, 0.6) is 0 Å². The normalized spacial score (nSPS) is 15.5. The number of hydrogen-bond donors (Lipinski definition) is 2. The molecule has 0 aliphatic heterocycles. The molecule has 0 saturated heterocycles. The fourth-order valence-corrected chi connectivity index (χ4v) is 1.74. The van der Waals surface area contributed by atoms with Gasteiger partial charge in [-0.15, -0.1) is 0 Å². The number of nitrogens with zero attached hydrogens (tertiary/aromatic N) is 2. The van der Waals surface area contributed by atoms with Gasteiger partial charge in [0.1, 0.15) is 0 Å². The average Bonchev–Trinajstić information content (AvgIpc) is 2.30. The highest BCUT2D eigenvalue weighted by Crippen LogP contribution is 1.95. The molecule has 0 rings (SSSR count). The van der Waals surface area contributed by atoms with E-state index in [0.29, 0.717) is 12.6 Å². The van der Waals surface area contributed by atoms with Gasteiger partial charge in [-0.2, -0.15) is 0 Å². The van der Waals surface area contributed by atoms with Crippen molar-refractivity contribution in [1.29, 1.82) is 0 Å². The van der Waals surface area contributed by atoms with Gasteiger partial charge in [-0.05, 0) is 47.1 Å². The van der Waals surface area contributed by atoms with Crippen LogP contribution in [0.1, 0.15) is 27.2 Å². The van der Waals surface area contributed by atoms with Gasteiger partial charge >= 0.3 is 0 Å². The Bertz CT molecular complexity index is 172. The molecule has 0 fully saturated rings. The van der Waals surface area contributed by atoms with E-state index in [-0.39, 0.29) is 6.10 Å². The van der Waals surface area contributed by atoms with Gasteiger partial charge in [-0.3, -0.25) is 0 Å². The molecule has 0 saturated carbocycles. The highest BCUT2D eigenvalue weighted by Gasteiger charge is 2.10. The van der Waals surface area contributed by atoms with Crippen molar-refractivity contribution in [1.82, 2.24) is 15.1 Å². The predicted octanol–water partition coefficient (Wildman–Crippen LogP) is 0.619. The lowest BCUT2D eigenvalue weighted by Gasteiger charge is -2.24. The lowest BCUT2D eigenvalue weighted by Crippen LogP contribution is -2.41. The van der Waals surface area contributed by atoms with Crippen LogP contribution in [0, 0.1) is 0 Å². The van der Waals surface area contributed by atoms with Crippen LogP contribution in [0.2, 0.25) is 0 Å². The molecular weight excluding hydrogens is 214 g/mol. The molecule has 0 aromatic heterocycles. The predicted molar refractivity (Wildman–Crippen MR) is 74.4 cm³/mol. The van der Waals surface area contributed by atoms with Gasteiger partial charge in [-0.25, -0.2) is 0 Å². The summed E-state index contributed by atoms with van der Waals surface area (Å²) in [4.78, 5) is 4.43. The van der Waals surface area contributed by atoms with Crippen molar-refractivity contribution < 1.29 is 5.11 Å². The third-order valence-corrected chi connectivity index (χ3v) is 3.07. The van der Waals surface area contributed by atoms with E-state index in [1.807, 2.05) is 0 Å². The van der Waals surface area contributed by atoms with Gasteiger partial charge in [-0.1, -0.05) is 13.8 Å². The van der Waals surface area contributed by atoms with Crippen molar-refractivity contribution in [3.63, 3.8) is 0 Å². The van der Waals surface area contributed by atoms with E-state index in [1.165, 1.54) is 0 Å². The van der Waals surface area contributed by atoms with E-state index in [9.17, 15) is 5.11 Å². The van der Waals surface area contributed by atoms with Gasteiger partial charge in [0.15, 0.2) is 0 Å². The lowest BCUT2D eigenvalue weighted by molar-refractivity contribution is 0.114. The van der Waals surface area contributed by atoms with E-state index in [1.54, 1.807) is 0 Å². The van der Waals surface area contributed by atoms with Crippen molar-refractivity contribution in [3.05, 3.63) is 0 Å². The van der Waals surface area contributed by atoms with Gasteiger partial charge in [0.2, 0.25) is 0 Å². The third-order valence-electron chi connectivity index (χ3n) is 3.07. The summed E-state index contributed by atoms with van der Waals surface area (Å²) in [6.07, 6.45) is 0.849. The molecule has 0 bridgehead atoms. The summed E-state index contributed by atoms with van der Waals surface area (Å²) in [5, 5.41) is 13.3. The van der Waals surface area contributed by atoms with Crippen LogP contribution in [0.15, 0.2) is 0 Å². The van der Waals surface area contributed by atoms with Crippen LogP contribution in [0.3, 0.4) is 0 Å². The van der Waals surface area contributed by atoms with E-state index in [2.05, 4.69) is 50.0 Å². The first-order valence-corrected chi connectivity index (χ1v) is 6.78. The molecule has 0 aliphatic rings. The van der Waals surface area contributed by atoms with E-state index < -0.39 is 0 Å². The molecular formula is C13H31N3O. The maximum absolute atomic E-state index is 9.89. The first-order chi connectivity index (χ1) is 7.99. The molecule has 0 spiro atoms. The molecule has 0 aromatic carbocycles. The summed E-state index contributed by atoms with van der Waals surface area (Å²) in [6, 6.07) is 0.462. The van der Waals surface area contributed by atoms with Gasteiger partial charge < -0.3 is 20.2 Å². The monoisotopic (exact) mass is 245 g/mol. The Hall–Kier alpha value is -0.160. The van der Waals surface area contributed by atoms with Gasteiger partial charge in [0, 0.05) is 19.1 Å². The first kappa shape index (κ1) is 16.8. The lowest BCUT2D eigenvalue weighted by atomic mass is 10.2. The fourth-order valence-electron chi connectivity index (χ4n) is 1.74. The summed E-state index contributed by atoms with van der Waals surface area (Å²) >= 11 is 0. The van der Waals surface area contributed by atoms with E-state index >= 15 is 0 Å². The Balaban J connectivity index is 3.64. The minimum Gasteiger partial charge on any atom is -0.390 e. The van der Waals surface area contributed by atoms with Crippen molar-refractivity contribution in [2.75, 3.05) is 46.8 Å². The standard InChI is InChI=1S/C13H31N3O/c1-6-16(7-2)11-13(17)10-14-12(3)8-9-15(4)5/h12-14,17H,6-11H2,1-5H3. The second kappa shape index (κ2) is 9.83. The average molecular weight is 245 g/mol. The zero-order valence-electron chi connectivity index (χ0n) is 12.2. The van der Waals surface area contributed by atoms with Crippen LogP contribution in [0.4, 0.5) is 0 Å². The molecule has 0 radical (unpaired) electrons. The Kier molecular flexibility index (Phi) is 9.74. The topological polar surface area (TPSA) is 38.7 Å². The molecule has 2 unspecified atom stereocenters. The Morgan fingerprint density at radius 3 is 2.24 bits per heavy atom. The molecule has 2 N–H and O–H groups in total. The molecule has 0 aromatic rings. The largest absolute Gasteiger partial charge is 0.390 e. The molecule has 104 valence electrons. The Morgan fingerprint density at radius 1 is 1.18 bits per heavy atom. The molecule has 2 atom stereocenters. The SMILES string of the molecule is CCN(CC)CC(O)CNC(C)CCN(C)C. The summed E-state index contributed by atoms with van der Waals surface area (Å²) < 4.78 is 0. The Labute approximate surface area is 107 Å². The second-order valence-electron chi connectivity index (χ2n) is 5.04. The third kappa shape index (κ3) is 9.53. The zero-order chi connectivity index (χ0) is 13.3. The second-order valence-corrected chi connectivity index (χ2v) is 5.04. The molecule has 17 heavy (non-hydrogen) atoms. The number of nitrogens with one attached hydrogen (secondary N) is 1. The van der Waals surface area contributed by atoms with Crippen LogP contribution >= 0.6 is 0 Å². The maximum atomic E-state index is 9.89. The smallest absolute Gasteiger partial charge is 0.0791 e. The molecule has 0 amide bonds. The molecule has 0 aliphatic carbocycles. The number of likely N-dealkylation sites (N-methyl/N-ethyl adjacent to an activating group) is 1. The highest BCUT2D eigenvalue weighted by molar-refractivity contribution is 4.69. The Morgan fingerprint density at radius 2 is 1.76 bits per heavy atom. The van der Waals surface area contributed by atoms with Crippen molar-refractivity contribution >= 4 is 0 Å². The molecule has 0 heterocycles. The molecule has 4 heteroatoms. The van der Waals surface area contributed by atoms with Crippen LogP contribution in [0.25, 0.3) is 0 Å². The number of hydrogen-bond acceptors (Lipinski definition) is 4. The summed E-state index contributed by atoms with van der Waals surface area (Å²) in [6.45, 7) is 11.0.